The molecule has 0 aliphatic carbocycles. The Hall–Kier alpha value is -2.86. The van der Waals surface area contributed by atoms with Gasteiger partial charge in [0.2, 0.25) is 0 Å². The van der Waals surface area contributed by atoms with Crippen LogP contribution in [0.15, 0.2) is 42.5 Å². The zero-order valence-electron chi connectivity index (χ0n) is 15.1. The summed E-state index contributed by atoms with van der Waals surface area (Å²) < 4.78 is 0. The van der Waals surface area contributed by atoms with E-state index in [9.17, 15) is 9.59 Å². The van der Waals surface area contributed by atoms with Gasteiger partial charge in [-0.1, -0.05) is 18.2 Å². The predicted molar refractivity (Wildman–Crippen MR) is 105 cm³/mol. The molecule has 0 atom stereocenters. The first kappa shape index (κ1) is 17.5. The van der Waals surface area contributed by atoms with Gasteiger partial charge in [-0.05, 0) is 66.9 Å². The lowest BCUT2D eigenvalue weighted by Crippen LogP contribution is -2.31. The summed E-state index contributed by atoms with van der Waals surface area (Å²) in [5.41, 5.74) is 5.17. The SMILES string of the molecule is O=C(O)Cc1ccc(N2CCN(c3ccc4c(c3)CCNCC4)C2=O)cc1. The maximum absolute atomic E-state index is 13.0. The van der Waals surface area contributed by atoms with Crippen LogP contribution in [0.3, 0.4) is 0 Å². The second-order valence-electron chi connectivity index (χ2n) is 7.03. The summed E-state index contributed by atoms with van der Waals surface area (Å²) in [6, 6.07) is 13.5. The van der Waals surface area contributed by atoms with E-state index in [1.54, 1.807) is 17.0 Å². The number of aliphatic carboxylic acids is 1. The van der Waals surface area contributed by atoms with E-state index in [0.29, 0.717) is 13.1 Å². The van der Waals surface area contributed by atoms with E-state index < -0.39 is 5.97 Å². The molecular formula is C21H23N3O3. The number of carbonyl (C=O) groups excluding carboxylic acids is 1. The maximum Gasteiger partial charge on any atom is 0.329 e. The Bertz CT molecular complexity index is 863. The van der Waals surface area contributed by atoms with Gasteiger partial charge in [0, 0.05) is 24.5 Å². The van der Waals surface area contributed by atoms with Crippen molar-refractivity contribution in [2.24, 2.45) is 0 Å². The summed E-state index contributed by atoms with van der Waals surface area (Å²) >= 11 is 0. The van der Waals surface area contributed by atoms with Crippen molar-refractivity contribution < 1.29 is 14.7 Å². The van der Waals surface area contributed by atoms with Crippen LogP contribution in [0.5, 0.6) is 0 Å². The molecule has 2 aliphatic rings. The maximum atomic E-state index is 13.0. The minimum absolute atomic E-state index is 0.00959. The van der Waals surface area contributed by atoms with Crippen LogP contribution >= 0.6 is 0 Å². The van der Waals surface area contributed by atoms with E-state index in [4.69, 9.17) is 5.11 Å². The van der Waals surface area contributed by atoms with Gasteiger partial charge in [0.1, 0.15) is 0 Å². The Balaban J connectivity index is 1.52. The predicted octanol–water partition coefficient (Wildman–Crippen LogP) is 2.45. The second kappa shape index (κ2) is 7.40. The Morgan fingerprint density at radius 1 is 0.926 bits per heavy atom. The number of anilines is 2. The van der Waals surface area contributed by atoms with Gasteiger partial charge in [-0.3, -0.25) is 14.6 Å². The largest absolute Gasteiger partial charge is 0.481 e. The van der Waals surface area contributed by atoms with Gasteiger partial charge in [0.25, 0.3) is 0 Å². The van der Waals surface area contributed by atoms with Crippen molar-refractivity contribution in [3.05, 3.63) is 59.2 Å². The Labute approximate surface area is 158 Å². The molecule has 0 unspecified atom stereocenters. The fourth-order valence-electron chi connectivity index (χ4n) is 3.81. The van der Waals surface area contributed by atoms with E-state index in [0.717, 1.165) is 42.9 Å². The molecule has 2 aromatic carbocycles. The number of carboxylic acids is 1. The number of carbonyl (C=O) groups is 2. The zero-order chi connectivity index (χ0) is 18.8. The topological polar surface area (TPSA) is 72.9 Å². The average Bonchev–Trinajstić information content (AvgIpc) is 2.88. The second-order valence-corrected chi connectivity index (χ2v) is 7.03. The summed E-state index contributed by atoms with van der Waals surface area (Å²) in [6.45, 7) is 3.24. The Kier molecular flexibility index (Phi) is 4.81. The number of hydrogen-bond donors (Lipinski definition) is 2. The molecule has 0 saturated carbocycles. The van der Waals surface area contributed by atoms with Gasteiger partial charge < -0.3 is 10.4 Å². The minimum Gasteiger partial charge on any atom is -0.481 e. The van der Waals surface area contributed by atoms with Crippen molar-refractivity contribution in [1.82, 2.24) is 5.32 Å². The first-order chi connectivity index (χ1) is 13.1. The molecule has 0 spiro atoms. The van der Waals surface area contributed by atoms with Gasteiger partial charge in [0.05, 0.1) is 6.42 Å². The van der Waals surface area contributed by atoms with Crippen LogP contribution in [0.4, 0.5) is 16.2 Å². The number of nitrogens with one attached hydrogen (secondary N) is 1. The van der Waals surface area contributed by atoms with E-state index >= 15 is 0 Å². The van der Waals surface area contributed by atoms with Gasteiger partial charge in [-0.2, -0.15) is 0 Å². The average molecular weight is 365 g/mol. The van der Waals surface area contributed by atoms with Crippen LogP contribution in [0.25, 0.3) is 0 Å². The summed E-state index contributed by atoms with van der Waals surface area (Å²) in [7, 11) is 0. The minimum atomic E-state index is -0.857. The number of benzene rings is 2. The number of fused-ring (bicyclic) bond motifs is 1. The molecule has 2 aliphatic heterocycles. The first-order valence-corrected chi connectivity index (χ1v) is 9.34. The number of urea groups is 1. The lowest BCUT2D eigenvalue weighted by molar-refractivity contribution is -0.136. The van der Waals surface area contributed by atoms with E-state index in [1.165, 1.54) is 11.1 Å². The van der Waals surface area contributed by atoms with Crippen molar-refractivity contribution in [3.8, 4) is 0 Å². The molecule has 6 nitrogen and oxygen atoms in total. The number of rotatable bonds is 4. The number of amides is 2. The van der Waals surface area contributed by atoms with Crippen molar-refractivity contribution >= 4 is 23.4 Å². The normalized spacial score (nSPS) is 17.0. The van der Waals surface area contributed by atoms with Crippen LogP contribution < -0.4 is 15.1 Å². The summed E-state index contributed by atoms with van der Waals surface area (Å²) in [4.78, 5) is 27.3. The number of carboxylic acid groups (broad SMARTS) is 1. The number of nitrogens with zero attached hydrogens (tertiary/aromatic N) is 2. The number of hydrogen-bond acceptors (Lipinski definition) is 3. The zero-order valence-corrected chi connectivity index (χ0v) is 15.1. The molecule has 2 N–H and O–H groups in total. The quantitative estimate of drug-likeness (QED) is 0.873. The standard InChI is InChI=1S/C21H23N3O3/c25-20(26)13-15-1-4-18(5-2-15)23-11-12-24(21(23)27)19-6-3-16-7-9-22-10-8-17(16)14-19/h1-6,14,22H,7-13H2,(H,25,26). The third kappa shape index (κ3) is 3.66. The highest BCUT2D eigenvalue weighted by molar-refractivity contribution is 6.06. The van der Waals surface area contributed by atoms with Crippen LogP contribution in [0.2, 0.25) is 0 Å². The van der Waals surface area contributed by atoms with Crippen molar-refractivity contribution in [3.63, 3.8) is 0 Å². The Morgan fingerprint density at radius 2 is 1.56 bits per heavy atom. The molecule has 2 aromatic rings. The first-order valence-electron chi connectivity index (χ1n) is 9.34. The third-order valence-electron chi connectivity index (χ3n) is 5.26. The molecule has 1 saturated heterocycles. The summed E-state index contributed by atoms with van der Waals surface area (Å²) in [6.07, 6.45) is 2.00. The van der Waals surface area contributed by atoms with Crippen LogP contribution in [-0.4, -0.2) is 43.3 Å². The molecule has 2 amide bonds. The van der Waals surface area contributed by atoms with E-state index in [2.05, 4.69) is 17.4 Å². The van der Waals surface area contributed by atoms with E-state index in [1.807, 2.05) is 23.1 Å². The molecule has 1 fully saturated rings. The third-order valence-corrected chi connectivity index (χ3v) is 5.26. The fourth-order valence-corrected chi connectivity index (χ4v) is 3.81. The highest BCUT2D eigenvalue weighted by Crippen LogP contribution is 2.28. The molecule has 6 heteroatoms. The molecule has 27 heavy (non-hydrogen) atoms. The molecule has 0 aromatic heterocycles. The highest BCUT2D eigenvalue weighted by Gasteiger charge is 2.31. The lowest BCUT2D eigenvalue weighted by Gasteiger charge is -2.20. The molecule has 4 rings (SSSR count). The smallest absolute Gasteiger partial charge is 0.329 e. The summed E-state index contributed by atoms with van der Waals surface area (Å²) in [5, 5.41) is 12.3. The van der Waals surface area contributed by atoms with Crippen LogP contribution in [-0.2, 0) is 24.1 Å². The van der Waals surface area contributed by atoms with Crippen LogP contribution in [0, 0.1) is 0 Å². The van der Waals surface area contributed by atoms with Crippen molar-refractivity contribution in [2.75, 3.05) is 36.0 Å². The van der Waals surface area contributed by atoms with Crippen LogP contribution in [0.1, 0.15) is 16.7 Å². The molecular weight excluding hydrogens is 342 g/mol. The van der Waals surface area contributed by atoms with Crippen molar-refractivity contribution in [1.29, 1.82) is 0 Å². The monoisotopic (exact) mass is 365 g/mol. The van der Waals surface area contributed by atoms with Crippen molar-refractivity contribution in [2.45, 2.75) is 19.3 Å². The summed E-state index contributed by atoms with van der Waals surface area (Å²) in [5.74, 6) is -0.857. The fraction of sp³-hybridized carbons (Fsp3) is 0.333. The highest BCUT2D eigenvalue weighted by atomic mass is 16.4. The van der Waals surface area contributed by atoms with Gasteiger partial charge in [-0.25, -0.2) is 4.79 Å². The Morgan fingerprint density at radius 3 is 2.26 bits per heavy atom. The molecule has 140 valence electrons. The lowest BCUT2D eigenvalue weighted by atomic mass is 10.0. The molecule has 2 heterocycles. The van der Waals surface area contributed by atoms with E-state index in [-0.39, 0.29) is 12.5 Å². The molecule has 0 radical (unpaired) electrons. The van der Waals surface area contributed by atoms with Gasteiger partial charge in [-0.15, -0.1) is 0 Å². The molecule has 0 bridgehead atoms. The van der Waals surface area contributed by atoms with Gasteiger partial charge in [0.15, 0.2) is 0 Å². The van der Waals surface area contributed by atoms with Gasteiger partial charge >= 0.3 is 12.0 Å².